The predicted molar refractivity (Wildman–Crippen MR) is 119 cm³/mol. The largest absolute Gasteiger partial charge is 0.496 e. The SMILES string of the molecule is CN=C(CC(O)(CC(C)(C)c1cc(F)ccc1OC)C(F)(F)F)Nc1cc(C)cc(C(F)(F)F)c1. The summed E-state index contributed by atoms with van der Waals surface area (Å²) in [5.74, 6) is -0.935. The van der Waals surface area contributed by atoms with Gasteiger partial charge < -0.3 is 15.2 Å². The highest BCUT2D eigenvalue weighted by Crippen LogP contribution is 2.45. The van der Waals surface area contributed by atoms with Gasteiger partial charge in [0.25, 0.3) is 0 Å². The zero-order valence-corrected chi connectivity index (χ0v) is 19.8. The summed E-state index contributed by atoms with van der Waals surface area (Å²) in [7, 11) is 2.44. The number of amidine groups is 1. The molecule has 0 aliphatic carbocycles. The van der Waals surface area contributed by atoms with Crippen molar-refractivity contribution in [3.8, 4) is 5.75 Å². The Kier molecular flexibility index (Phi) is 8.15. The number of hydrogen-bond donors (Lipinski definition) is 2. The van der Waals surface area contributed by atoms with Gasteiger partial charge >= 0.3 is 12.4 Å². The van der Waals surface area contributed by atoms with Gasteiger partial charge in [-0.25, -0.2) is 4.39 Å². The van der Waals surface area contributed by atoms with Crippen LogP contribution in [0.1, 0.15) is 43.4 Å². The minimum Gasteiger partial charge on any atom is -0.496 e. The van der Waals surface area contributed by atoms with E-state index in [1.807, 2.05) is 0 Å². The number of rotatable bonds is 7. The maximum Gasteiger partial charge on any atom is 0.417 e. The zero-order valence-electron chi connectivity index (χ0n) is 19.8. The fraction of sp³-hybridized carbons (Fsp3) is 0.458. The lowest BCUT2D eigenvalue weighted by Gasteiger charge is -2.38. The molecule has 0 heterocycles. The van der Waals surface area contributed by atoms with E-state index in [2.05, 4.69) is 10.3 Å². The van der Waals surface area contributed by atoms with Crippen molar-refractivity contribution in [1.29, 1.82) is 0 Å². The summed E-state index contributed by atoms with van der Waals surface area (Å²) < 4.78 is 101. The quantitative estimate of drug-likeness (QED) is 0.250. The van der Waals surface area contributed by atoms with E-state index >= 15 is 0 Å². The van der Waals surface area contributed by atoms with Crippen molar-refractivity contribution in [3.63, 3.8) is 0 Å². The number of aliphatic imine (C=N–C) groups is 1. The third kappa shape index (κ3) is 6.87. The van der Waals surface area contributed by atoms with Crippen molar-refractivity contribution in [3.05, 3.63) is 58.9 Å². The summed E-state index contributed by atoms with van der Waals surface area (Å²) in [5, 5.41) is 13.3. The standard InChI is InChI=1S/C24H27F7N2O2/c1-14-8-15(23(26,27)28)10-17(9-14)33-20(32-4)12-22(34,24(29,30)31)13-21(2,3)18-11-16(25)6-7-19(18)35-5/h6-11,34H,12-13H2,1-5H3,(H,32,33). The molecule has 194 valence electrons. The molecule has 2 rings (SSSR count). The molecule has 2 aromatic carbocycles. The normalized spacial score (nSPS) is 15.1. The molecular formula is C24H27F7N2O2. The number of nitrogens with zero attached hydrogens (tertiary/aromatic N) is 1. The number of alkyl halides is 6. The van der Waals surface area contributed by atoms with E-state index < -0.39 is 47.6 Å². The van der Waals surface area contributed by atoms with E-state index in [-0.39, 0.29) is 28.4 Å². The Morgan fingerprint density at radius 1 is 1.03 bits per heavy atom. The van der Waals surface area contributed by atoms with Gasteiger partial charge in [0.2, 0.25) is 0 Å². The second-order valence-electron chi connectivity index (χ2n) is 8.99. The minimum atomic E-state index is -5.15. The van der Waals surface area contributed by atoms with Crippen molar-refractivity contribution < 1.29 is 40.6 Å². The first-order valence-electron chi connectivity index (χ1n) is 10.5. The molecule has 0 bridgehead atoms. The monoisotopic (exact) mass is 508 g/mol. The summed E-state index contributed by atoms with van der Waals surface area (Å²) in [6.45, 7) is 4.20. The van der Waals surface area contributed by atoms with E-state index in [4.69, 9.17) is 4.74 Å². The van der Waals surface area contributed by atoms with Gasteiger partial charge in [-0.15, -0.1) is 0 Å². The van der Waals surface area contributed by atoms with E-state index in [1.54, 1.807) is 0 Å². The summed E-state index contributed by atoms with van der Waals surface area (Å²) in [6, 6.07) is 6.36. The topological polar surface area (TPSA) is 53.9 Å². The fourth-order valence-corrected chi connectivity index (χ4v) is 3.94. The van der Waals surface area contributed by atoms with Crippen LogP contribution < -0.4 is 10.1 Å². The molecule has 35 heavy (non-hydrogen) atoms. The van der Waals surface area contributed by atoms with Crippen LogP contribution in [-0.4, -0.2) is 36.9 Å². The molecule has 0 fully saturated rings. The van der Waals surface area contributed by atoms with Crippen LogP contribution in [0.15, 0.2) is 41.4 Å². The lowest BCUT2D eigenvalue weighted by Crippen LogP contribution is -2.51. The Labute approximate surface area is 198 Å². The average molecular weight is 508 g/mol. The number of aryl methyl sites for hydroxylation is 1. The Balaban J connectivity index is 2.42. The molecule has 0 aromatic heterocycles. The second-order valence-corrected chi connectivity index (χ2v) is 8.99. The lowest BCUT2D eigenvalue weighted by atomic mass is 9.73. The fourth-order valence-electron chi connectivity index (χ4n) is 3.94. The van der Waals surface area contributed by atoms with Crippen LogP contribution in [0.5, 0.6) is 5.75 Å². The predicted octanol–water partition coefficient (Wildman–Crippen LogP) is 6.65. The van der Waals surface area contributed by atoms with Crippen LogP contribution >= 0.6 is 0 Å². The highest BCUT2D eigenvalue weighted by molar-refractivity contribution is 5.96. The van der Waals surface area contributed by atoms with Gasteiger partial charge in [-0.05, 0) is 60.7 Å². The molecule has 0 aliphatic heterocycles. The third-order valence-corrected chi connectivity index (χ3v) is 5.58. The Morgan fingerprint density at radius 3 is 2.17 bits per heavy atom. The minimum absolute atomic E-state index is 0.110. The van der Waals surface area contributed by atoms with E-state index in [1.165, 1.54) is 40.0 Å². The average Bonchev–Trinajstić information content (AvgIpc) is 2.71. The molecule has 1 unspecified atom stereocenters. The molecule has 0 saturated carbocycles. The molecule has 0 amide bonds. The van der Waals surface area contributed by atoms with Crippen molar-refractivity contribution in [2.24, 2.45) is 4.99 Å². The molecule has 0 spiro atoms. The van der Waals surface area contributed by atoms with Gasteiger partial charge in [0.1, 0.15) is 17.4 Å². The third-order valence-electron chi connectivity index (χ3n) is 5.58. The summed E-state index contributed by atoms with van der Waals surface area (Å²) >= 11 is 0. The van der Waals surface area contributed by atoms with Gasteiger partial charge in [0, 0.05) is 24.7 Å². The van der Waals surface area contributed by atoms with E-state index in [0.717, 1.165) is 31.3 Å². The number of hydrogen-bond acceptors (Lipinski definition) is 3. The molecule has 0 radical (unpaired) electrons. The first kappa shape index (κ1) is 28.4. The number of nitrogens with one attached hydrogen (secondary N) is 1. The van der Waals surface area contributed by atoms with Crippen molar-refractivity contribution >= 4 is 11.5 Å². The van der Waals surface area contributed by atoms with Gasteiger partial charge in [0.05, 0.1) is 12.7 Å². The Hall–Kier alpha value is -2.82. The summed E-state index contributed by atoms with van der Waals surface area (Å²) in [4.78, 5) is 3.73. The van der Waals surface area contributed by atoms with Crippen molar-refractivity contribution in [2.45, 2.75) is 57.0 Å². The molecule has 1 atom stereocenters. The van der Waals surface area contributed by atoms with Crippen LogP contribution in [0.4, 0.5) is 36.4 Å². The Morgan fingerprint density at radius 2 is 1.66 bits per heavy atom. The van der Waals surface area contributed by atoms with Crippen LogP contribution in [-0.2, 0) is 11.6 Å². The highest BCUT2D eigenvalue weighted by Gasteiger charge is 2.56. The van der Waals surface area contributed by atoms with Crippen molar-refractivity contribution in [2.75, 3.05) is 19.5 Å². The first-order chi connectivity index (χ1) is 15.9. The highest BCUT2D eigenvalue weighted by atomic mass is 19.4. The molecular weight excluding hydrogens is 481 g/mol. The number of aliphatic hydroxyl groups is 1. The number of halogens is 7. The van der Waals surface area contributed by atoms with Crippen LogP contribution in [0, 0.1) is 12.7 Å². The maximum atomic E-state index is 14.1. The smallest absolute Gasteiger partial charge is 0.417 e. The summed E-state index contributed by atoms with van der Waals surface area (Å²) in [5.41, 5.74) is -5.56. The number of benzene rings is 2. The van der Waals surface area contributed by atoms with Crippen LogP contribution in [0.2, 0.25) is 0 Å². The van der Waals surface area contributed by atoms with Gasteiger partial charge in [-0.3, -0.25) is 4.99 Å². The molecule has 2 aromatic rings. The molecule has 0 aliphatic rings. The first-order valence-corrected chi connectivity index (χ1v) is 10.5. The molecule has 11 heteroatoms. The summed E-state index contributed by atoms with van der Waals surface area (Å²) in [6.07, 6.45) is -11.8. The van der Waals surface area contributed by atoms with Gasteiger partial charge in [0.15, 0.2) is 5.60 Å². The molecule has 4 nitrogen and oxygen atoms in total. The van der Waals surface area contributed by atoms with Crippen molar-refractivity contribution in [1.82, 2.24) is 0 Å². The van der Waals surface area contributed by atoms with Gasteiger partial charge in [-0.1, -0.05) is 13.8 Å². The zero-order chi connectivity index (χ0) is 26.8. The molecule has 0 saturated heterocycles. The number of anilines is 1. The number of ether oxygens (including phenoxy) is 1. The Bertz CT molecular complexity index is 1080. The van der Waals surface area contributed by atoms with Crippen LogP contribution in [0.25, 0.3) is 0 Å². The lowest BCUT2D eigenvalue weighted by molar-refractivity contribution is -0.263. The maximum absolute atomic E-state index is 14.1. The number of methoxy groups -OCH3 is 1. The second kappa shape index (κ2) is 10.0. The molecule has 2 N–H and O–H groups in total. The van der Waals surface area contributed by atoms with E-state index in [0.29, 0.717) is 0 Å². The van der Waals surface area contributed by atoms with Crippen LogP contribution in [0.3, 0.4) is 0 Å². The van der Waals surface area contributed by atoms with Gasteiger partial charge in [-0.2, -0.15) is 26.3 Å². The van der Waals surface area contributed by atoms with E-state index in [9.17, 15) is 35.8 Å².